The molecule has 8 heteroatoms. The molecule has 6 nitrogen and oxygen atoms in total. The minimum absolute atomic E-state index is 0.106. The fourth-order valence-electron chi connectivity index (χ4n) is 2.72. The summed E-state index contributed by atoms with van der Waals surface area (Å²) < 4.78 is 6.84. The van der Waals surface area contributed by atoms with Crippen LogP contribution in [0.2, 0.25) is 5.02 Å². The molecule has 2 aromatic rings. The lowest BCUT2D eigenvalue weighted by atomic mass is 10.2. The highest BCUT2D eigenvalue weighted by Crippen LogP contribution is 2.33. The van der Waals surface area contributed by atoms with Gasteiger partial charge in [0, 0.05) is 29.0 Å². The molecule has 3 rings (SSSR count). The fourth-order valence-corrected chi connectivity index (χ4v) is 4.06. The Hall–Kier alpha value is -1.99. The highest BCUT2D eigenvalue weighted by Gasteiger charge is 2.27. The summed E-state index contributed by atoms with van der Waals surface area (Å²) >= 11 is 7.48. The second-order valence-electron chi connectivity index (χ2n) is 5.65. The maximum atomic E-state index is 12.4. The van der Waals surface area contributed by atoms with Crippen molar-refractivity contribution in [1.29, 1.82) is 0 Å². The average Bonchev–Trinajstić information content (AvgIpc) is 2.98. The van der Waals surface area contributed by atoms with Gasteiger partial charge < -0.3 is 10.1 Å². The number of nitrogens with one attached hydrogen (secondary N) is 1. The van der Waals surface area contributed by atoms with E-state index < -0.39 is 0 Å². The third-order valence-corrected chi connectivity index (χ3v) is 5.29. The molecule has 1 N–H and O–H groups in total. The van der Waals surface area contributed by atoms with E-state index >= 15 is 0 Å². The lowest BCUT2D eigenvalue weighted by Gasteiger charge is -2.15. The summed E-state index contributed by atoms with van der Waals surface area (Å²) in [5.41, 5.74) is 1.18. The van der Waals surface area contributed by atoms with Gasteiger partial charge in [0.15, 0.2) is 5.16 Å². The minimum atomic E-state index is -0.212. The summed E-state index contributed by atoms with van der Waals surface area (Å²) in [5, 5.41) is 4.00. The van der Waals surface area contributed by atoms with Gasteiger partial charge >= 0.3 is 0 Å². The molecule has 0 spiro atoms. The number of amides is 1. The van der Waals surface area contributed by atoms with Crippen molar-refractivity contribution in [2.45, 2.75) is 31.0 Å². The molecule has 0 saturated carbocycles. The minimum Gasteiger partial charge on any atom is -0.495 e. The number of carbonyl (C=O) groups excluding carboxylic acids is 1. The van der Waals surface area contributed by atoms with Crippen molar-refractivity contribution in [2.75, 3.05) is 18.2 Å². The molecule has 0 radical (unpaired) electrons. The number of ether oxygens (including phenoxy) is 1. The lowest BCUT2D eigenvalue weighted by molar-refractivity contribution is -0.116. The first-order valence-electron chi connectivity index (χ1n) is 7.90. The van der Waals surface area contributed by atoms with Gasteiger partial charge in [-0.3, -0.25) is 14.2 Å². The quantitative estimate of drug-likeness (QED) is 0.808. The van der Waals surface area contributed by atoms with E-state index in [-0.39, 0.29) is 23.9 Å². The van der Waals surface area contributed by atoms with E-state index in [4.69, 9.17) is 16.3 Å². The molecule has 1 atom stereocenters. The molecule has 0 fully saturated rings. The number of thioether (sulfide) groups is 1. The number of halogens is 1. The van der Waals surface area contributed by atoms with E-state index in [2.05, 4.69) is 10.3 Å². The van der Waals surface area contributed by atoms with Gasteiger partial charge in [0.1, 0.15) is 5.75 Å². The van der Waals surface area contributed by atoms with E-state index in [1.165, 1.54) is 18.9 Å². The SMILES string of the molecule is CCc1cc(=O)n2c(n1)SCC2CC(=O)Nc1cc(Cl)ccc1OC. The van der Waals surface area contributed by atoms with Crippen LogP contribution >= 0.6 is 23.4 Å². The number of aromatic nitrogens is 2. The van der Waals surface area contributed by atoms with Gasteiger partial charge in [-0.2, -0.15) is 0 Å². The van der Waals surface area contributed by atoms with Crippen LogP contribution < -0.4 is 15.6 Å². The molecule has 25 heavy (non-hydrogen) atoms. The Morgan fingerprint density at radius 3 is 3.00 bits per heavy atom. The monoisotopic (exact) mass is 379 g/mol. The van der Waals surface area contributed by atoms with Crippen LogP contribution in [0, 0.1) is 0 Å². The van der Waals surface area contributed by atoms with Crippen molar-refractivity contribution in [3.63, 3.8) is 0 Å². The number of hydrogen-bond donors (Lipinski definition) is 1. The van der Waals surface area contributed by atoms with Gasteiger partial charge in [0.05, 0.1) is 18.8 Å². The third kappa shape index (κ3) is 3.82. The molecule has 1 aliphatic heterocycles. The first-order valence-corrected chi connectivity index (χ1v) is 9.26. The molecule has 0 saturated heterocycles. The Bertz CT molecular complexity index is 869. The topological polar surface area (TPSA) is 73.2 Å². The van der Waals surface area contributed by atoms with Gasteiger partial charge in [-0.05, 0) is 24.6 Å². The molecular formula is C17H18ClN3O3S. The van der Waals surface area contributed by atoms with Crippen molar-refractivity contribution < 1.29 is 9.53 Å². The Balaban J connectivity index is 1.76. The first kappa shape index (κ1) is 17.8. The van der Waals surface area contributed by atoms with Crippen molar-refractivity contribution >= 4 is 35.0 Å². The zero-order chi connectivity index (χ0) is 18.0. The number of nitrogens with zero attached hydrogens (tertiary/aromatic N) is 2. The van der Waals surface area contributed by atoms with E-state index in [1.54, 1.807) is 28.8 Å². The van der Waals surface area contributed by atoms with Gasteiger partial charge in [-0.25, -0.2) is 4.98 Å². The maximum Gasteiger partial charge on any atom is 0.254 e. The molecule has 1 amide bonds. The zero-order valence-corrected chi connectivity index (χ0v) is 15.5. The van der Waals surface area contributed by atoms with Crippen LogP contribution in [0.3, 0.4) is 0 Å². The van der Waals surface area contributed by atoms with E-state index in [0.29, 0.717) is 33.8 Å². The van der Waals surface area contributed by atoms with Crippen molar-refractivity contribution in [1.82, 2.24) is 9.55 Å². The molecule has 132 valence electrons. The number of fused-ring (bicyclic) bond motifs is 1. The third-order valence-electron chi connectivity index (χ3n) is 3.96. The number of benzene rings is 1. The number of anilines is 1. The normalized spacial score (nSPS) is 15.7. The van der Waals surface area contributed by atoms with Gasteiger partial charge in [0.25, 0.3) is 5.56 Å². The van der Waals surface area contributed by atoms with Crippen LogP contribution in [0.5, 0.6) is 5.75 Å². The fraction of sp³-hybridized carbons (Fsp3) is 0.353. The Labute approximate surface area is 154 Å². The second kappa shape index (κ2) is 7.49. The lowest BCUT2D eigenvalue weighted by Crippen LogP contribution is -2.27. The van der Waals surface area contributed by atoms with Gasteiger partial charge in [0.2, 0.25) is 5.91 Å². The first-order chi connectivity index (χ1) is 12.0. The Morgan fingerprint density at radius 1 is 1.48 bits per heavy atom. The van der Waals surface area contributed by atoms with Crippen molar-refractivity contribution in [3.05, 3.63) is 45.3 Å². The number of methoxy groups -OCH3 is 1. The summed E-state index contributed by atoms with van der Waals surface area (Å²) in [6.07, 6.45) is 0.895. The summed E-state index contributed by atoms with van der Waals surface area (Å²) in [7, 11) is 1.53. The highest BCUT2D eigenvalue weighted by atomic mass is 35.5. The summed E-state index contributed by atoms with van der Waals surface area (Å²) in [6.45, 7) is 1.96. The zero-order valence-electron chi connectivity index (χ0n) is 13.9. The number of carbonyl (C=O) groups is 1. The summed E-state index contributed by atoms with van der Waals surface area (Å²) in [6, 6.07) is 6.35. The van der Waals surface area contributed by atoms with Gasteiger partial charge in [-0.15, -0.1) is 0 Å². The number of hydrogen-bond acceptors (Lipinski definition) is 5. The van der Waals surface area contributed by atoms with E-state index in [1.807, 2.05) is 6.92 Å². The van der Waals surface area contributed by atoms with Crippen molar-refractivity contribution in [2.24, 2.45) is 0 Å². The molecule has 2 heterocycles. The molecule has 1 aromatic carbocycles. The largest absolute Gasteiger partial charge is 0.495 e. The van der Waals surface area contributed by atoms with Crippen molar-refractivity contribution in [3.8, 4) is 5.75 Å². The predicted octanol–water partition coefficient (Wildman–Crippen LogP) is 3.14. The maximum absolute atomic E-state index is 12.4. The molecule has 0 aliphatic carbocycles. The molecule has 1 aromatic heterocycles. The van der Waals surface area contributed by atoms with E-state index in [9.17, 15) is 9.59 Å². The number of rotatable bonds is 5. The second-order valence-corrected chi connectivity index (χ2v) is 7.08. The van der Waals surface area contributed by atoms with Crippen LogP contribution in [0.1, 0.15) is 25.1 Å². The van der Waals surface area contributed by atoms with E-state index in [0.717, 1.165) is 5.69 Å². The van der Waals surface area contributed by atoms with Crippen LogP contribution in [0.15, 0.2) is 34.2 Å². The summed E-state index contributed by atoms with van der Waals surface area (Å²) in [4.78, 5) is 29.2. The van der Waals surface area contributed by atoms with Crippen LogP contribution in [0.4, 0.5) is 5.69 Å². The molecule has 0 bridgehead atoms. The smallest absolute Gasteiger partial charge is 0.254 e. The Kier molecular flexibility index (Phi) is 5.34. The Morgan fingerprint density at radius 2 is 2.28 bits per heavy atom. The predicted molar refractivity (Wildman–Crippen MR) is 98.9 cm³/mol. The highest BCUT2D eigenvalue weighted by molar-refractivity contribution is 7.99. The van der Waals surface area contributed by atoms with Crippen LogP contribution in [0.25, 0.3) is 0 Å². The summed E-state index contributed by atoms with van der Waals surface area (Å²) in [5.74, 6) is 0.978. The molecular weight excluding hydrogens is 362 g/mol. The average molecular weight is 380 g/mol. The van der Waals surface area contributed by atoms with Crippen LogP contribution in [-0.2, 0) is 11.2 Å². The van der Waals surface area contributed by atoms with Gasteiger partial charge in [-0.1, -0.05) is 30.3 Å². The molecule has 1 aliphatic rings. The molecule has 1 unspecified atom stereocenters. The standard InChI is InChI=1S/C17H18ClN3O3S/c1-3-11-7-16(23)21-12(9-25-17(21)19-11)8-15(22)20-13-6-10(18)4-5-14(13)24-2/h4-7,12H,3,8-9H2,1-2H3,(H,20,22). The number of aryl methyl sites for hydroxylation is 1. The van der Waals surface area contributed by atoms with Crippen LogP contribution in [-0.4, -0.2) is 28.3 Å².